The fourth-order valence-corrected chi connectivity index (χ4v) is 2.37. The Bertz CT molecular complexity index is 573. The third-order valence-corrected chi connectivity index (χ3v) is 4.41. The van der Waals surface area contributed by atoms with Crippen LogP contribution in [0.3, 0.4) is 0 Å². The van der Waals surface area contributed by atoms with E-state index in [4.69, 9.17) is 4.74 Å². The first kappa shape index (κ1) is 17.4. The molecule has 0 amide bonds. The summed E-state index contributed by atoms with van der Waals surface area (Å²) >= 11 is 0. The van der Waals surface area contributed by atoms with E-state index in [0.717, 1.165) is 4.31 Å². The molecular weight excluding hydrogens is 296 g/mol. The molecule has 1 atom stereocenters. The average Bonchev–Trinajstić information content (AvgIpc) is 2.44. The summed E-state index contributed by atoms with van der Waals surface area (Å²) in [7, 11) is 0.0931. The molecule has 1 rings (SSSR count). The van der Waals surface area contributed by atoms with Crippen LogP contribution in [0.4, 0.5) is 0 Å². The van der Waals surface area contributed by atoms with Gasteiger partial charge in [-0.3, -0.25) is 0 Å². The highest BCUT2D eigenvalue weighted by atomic mass is 32.2. The highest BCUT2D eigenvalue weighted by Gasteiger charge is 2.40. The fourth-order valence-electron chi connectivity index (χ4n) is 1.48. The minimum absolute atomic E-state index is 0.198. The van der Waals surface area contributed by atoms with Crippen LogP contribution in [0.2, 0.25) is 0 Å². The maximum Gasteiger partial charge on any atom is 0.330 e. The van der Waals surface area contributed by atoms with Gasteiger partial charge in [-0.15, -0.1) is 0 Å². The second kappa shape index (κ2) is 6.88. The SMILES string of the molecule is COC(=O)C(C)(COc1ccccc1)NS(=O)(=O)N(C)C. The molecule has 1 aromatic rings. The van der Waals surface area contributed by atoms with Crippen molar-refractivity contribution < 1.29 is 22.7 Å². The van der Waals surface area contributed by atoms with E-state index in [1.807, 2.05) is 6.07 Å². The molecule has 1 aromatic carbocycles. The molecule has 118 valence electrons. The summed E-state index contributed by atoms with van der Waals surface area (Å²) in [5.74, 6) is -0.208. The molecule has 1 unspecified atom stereocenters. The molecule has 0 fully saturated rings. The van der Waals surface area contributed by atoms with Gasteiger partial charge in [-0.25, -0.2) is 4.79 Å². The molecule has 0 aromatic heterocycles. The molecular formula is C13H20N2O5S. The van der Waals surface area contributed by atoms with Gasteiger partial charge in [0.2, 0.25) is 0 Å². The minimum Gasteiger partial charge on any atom is -0.491 e. The van der Waals surface area contributed by atoms with Crippen molar-refractivity contribution in [3.63, 3.8) is 0 Å². The van der Waals surface area contributed by atoms with Crippen molar-refractivity contribution in [1.82, 2.24) is 9.03 Å². The number of nitrogens with zero attached hydrogens (tertiary/aromatic N) is 1. The lowest BCUT2D eigenvalue weighted by atomic mass is 10.1. The van der Waals surface area contributed by atoms with Crippen LogP contribution in [0.15, 0.2) is 30.3 Å². The molecule has 8 heteroatoms. The number of carbonyl (C=O) groups is 1. The summed E-state index contributed by atoms with van der Waals surface area (Å²) in [4.78, 5) is 11.9. The Balaban J connectivity index is 2.92. The largest absolute Gasteiger partial charge is 0.491 e. The zero-order chi connectivity index (χ0) is 16.1. The quantitative estimate of drug-likeness (QED) is 0.736. The van der Waals surface area contributed by atoms with Crippen molar-refractivity contribution >= 4 is 16.2 Å². The predicted octanol–water partition coefficient (Wildman–Crippen LogP) is 0.393. The number of esters is 1. The number of para-hydroxylation sites is 1. The number of carbonyl (C=O) groups excluding carboxylic acids is 1. The monoisotopic (exact) mass is 316 g/mol. The van der Waals surface area contributed by atoms with Crippen molar-refractivity contribution in [1.29, 1.82) is 0 Å². The van der Waals surface area contributed by atoms with Gasteiger partial charge in [-0.1, -0.05) is 18.2 Å². The van der Waals surface area contributed by atoms with Crippen LogP contribution >= 0.6 is 0 Å². The van der Waals surface area contributed by atoms with Crippen molar-refractivity contribution in [2.45, 2.75) is 12.5 Å². The van der Waals surface area contributed by atoms with Crippen molar-refractivity contribution in [2.75, 3.05) is 27.8 Å². The molecule has 1 N–H and O–H groups in total. The second-order valence-corrected chi connectivity index (χ2v) is 6.70. The molecule has 0 saturated heterocycles. The van der Waals surface area contributed by atoms with E-state index in [-0.39, 0.29) is 6.61 Å². The highest BCUT2D eigenvalue weighted by molar-refractivity contribution is 7.87. The smallest absolute Gasteiger partial charge is 0.330 e. The van der Waals surface area contributed by atoms with Gasteiger partial charge in [0, 0.05) is 14.1 Å². The Morgan fingerprint density at radius 3 is 2.33 bits per heavy atom. The Kier molecular flexibility index (Phi) is 5.70. The van der Waals surface area contributed by atoms with Crippen LogP contribution in [0.25, 0.3) is 0 Å². The number of benzene rings is 1. The first-order chi connectivity index (χ1) is 9.71. The van der Waals surface area contributed by atoms with E-state index in [0.29, 0.717) is 5.75 Å². The summed E-state index contributed by atoms with van der Waals surface area (Å²) in [6, 6.07) is 8.78. The number of nitrogens with one attached hydrogen (secondary N) is 1. The van der Waals surface area contributed by atoms with E-state index in [1.165, 1.54) is 28.1 Å². The molecule has 0 spiro atoms. The van der Waals surface area contributed by atoms with Crippen LogP contribution in [-0.2, 0) is 19.7 Å². The Labute approximate surface area is 125 Å². The summed E-state index contributed by atoms with van der Waals surface area (Å²) in [5, 5.41) is 0. The van der Waals surface area contributed by atoms with Gasteiger partial charge in [-0.05, 0) is 19.1 Å². The molecule has 0 radical (unpaired) electrons. The molecule has 0 heterocycles. The highest BCUT2D eigenvalue weighted by Crippen LogP contribution is 2.15. The lowest BCUT2D eigenvalue weighted by Gasteiger charge is -2.28. The maximum atomic E-state index is 11.9. The first-order valence-electron chi connectivity index (χ1n) is 6.19. The topological polar surface area (TPSA) is 84.9 Å². The summed E-state index contributed by atoms with van der Waals surface area (Å²) in [6.45, 7) is 1.21. The number of methoxy groups -OCH3 is 1. The van der Waals surface area contributed by atoms with Crippen LogP contribution in [-0.4, -0.2) is 52.0 Å². The van der Waals surface area contributed by atoms with Crippen LogP contribution in [0.1, 0.15) is 6.92 Å². The normalized spacial score (nSPS) is 14.5. The van der Waals surface area contributed by atoms with Crippen molar-refractivity contribution in [3.8, 4) is 5.75 Å². The number of hydrogen-bond donors (Lipinski definition) is 1. The van der Waals surface area contributed by atoms with Gasteiger partial charge in [0.05, 0.1) is 7.11 Å². The predicted molar refractivity (Wildman–Crippen MR) is 78.1 cm³/mol. The van der Waals surface area contributed by atoms with Crippen LogP contribution in [0.5, 0.6) is 5.75 Å². The molecule has 21 heavy (non-hydrogen) atoms. The van der Waals surface area contributed by atoms with Crippen LogP contribution < -0.4 is 9.46 Å². The van der Waals surface area contributed by atoms with Gasteiger partial charge in [-0.2, -0.15) is 17.4 Å². The maximum absolute atomic E-state index is 11.9. The van der Waals surface area contributed by atoms with E-state index < -0.39 is 21.7 Å². The lowest BCUT2D eigenvalue weighted by Crippen LogP contribution is -2.58. The molecule has 0 saturated carbocycles. The van der Waals surface area contributed by atoms with Crippen LogP contribution in [0, 0.1) is 0 Å². The number of ether oxygens (including phenoxy) is 2. The Morgan fingerprint density at radius 2 is 1.86 bits per heavy atom. The van der Waals surface area contributed by atoms with Gasteiger partial charge in [0.15, 0.2) is 5.54 Å². The third kappa shape index (κ3) is 4.69. The average molecular weight is 316 g/mol. The van der Waals surface area contributed by atoms with Crippen molar-refractivity contribution in [2.24, 2.45) is 0 Å². The summed E-state index contributed by atoms with van der Waals surface area (Å²) in [6.07, 6.45) is 0. The Hall–Kier alpha value is -1.64. The molecule has 0 aliphatic carbocycles. The van der Waals surface area contributed by atoms with Gasteiger partial charge < -0.3 is 9.47 Å². The fraction of sp³-hybridized carbons (Fsp3) is 0.462. The Morgan fingerprint density at radius 1 is 1.29 bits per heavy atom. The number of hydrogen-bond acceptors (Lipinski definition) is 5. The first-order valence-corrected chi connectivity index (χ1v) is 7.63. The zero-order valence-electron chi connectivity index (χ0n) is 12.5. The molecule has 0 aliphatic rings. The second-order valence-electron chi connectivity index (χ2n) is 4.81. The van der Waals surface area contributed by atoms with E-state index in [9.17, 15) is 13.2 Å². The van der Waals surface area contributed by atoms with E-state index in [2.05, 4.69) is 9.46 Å². The standard InChI is InChI=1S/C13H20N2O5S/c1-13(12(16)19-4,14-21(17,18)15(2)3)10-20-11-8-6-5-7-9-11/h5-9,14H,10H2,1-4H3. The molecule has 0 aliphatic heterocycles. The molecule has 7 nitrogen and oxygen atoms in total. The molecule has 0 bridgehead atoms. The van der Waals surface area contributed by atoms with E-state index >= 15 is 0 Å². The lowest BCUT2D eigenvalue weighted by molar-refractivity contribution is -0.148. The number of rotatable bonds is 7. The minimum atomic E-state index is -3.81. The van der Waals surface area contributed by atoms with Gasteiger partial charge >= 0.3 is 5.97 Å². The van der Waals surface area contributed by atoms with E-state index in [1.54, 1.807) is 24.3 Å². The zero-order valence-corrected chi connectivity index (χ0v) is 13.3. The van der Waals surface area contributed by atoms with Gasteiger partial charge in [0.25, 0.3) is 10.2 Å². The third-order valence-electron chi connectivity index (χ3n) is 2.74. The summed E-state index contributed by atoms with van der Waals surface area (Å²) in [5.41, 5.74) is -1.53. The summed E-state index contributed by atoms with van der Waals surface area (Å²) < 4.78 is 37.3. The van der Waals surface area contributed by atoms with Crippen molar-refractivity contribution in [3.05, 3.63) is 30.3 Å². The van der Waals surface area contributed by atoms with Gasteiger partial charge in [0.1, 0.15) is 12.4 Å².